The first-order chi connectivity index (χ1) is 11.0. The van der Waals surface area contributed by atoms with Crippen molar-refractivity contribution in [1.82, 2.24) is 0 Å². The number of nitrogens with one attached hydrogen (secondary N) is 2. The summed E-state index contributed by atoms with van der Waals surface area (Å²) in [5.74, 6) is 1.04. The summed E-state index contributed by atoms with van der Waals surface area (Å²) in [6, 6.07) is 16.8. The van der Waals surface area contributed by atoms with E-state index in [4.69, 9.17) is 12.2 Å². The van der Waals surface area contributed by atoms with Crippen molar-refractivity contribution in [1.29, 1.82) is 0 Å². The highest BCUT2D eigenvalue weighted by Crippen LogP contribution is 2.26. The largest absolute Gasteiger partial charge is 0.332 e. The molecule has 122 valence electrons. The summed E-state index contributed by atoms with van der Waals surface area (Å²) >= 11 is 5.46. The van der Waals surface area contributed by atoms with E-state index < -0.39 is 0 Å². The fourth-order valence-corrected chi connectivity index (χ4v) is 2.72. The second-order valence-corrected chi connectivity index (χ2v) is 6.66. The highest BCUT2D eigenvalue weighted by molar-refractivity contribution is 7.80. The van der Waals surface area contributed by atoms with Gasteiger partial charge in [-0.1, -0.05) is 58.0 Å². The van der Waals surface area contributed by atoms with Crippen molar-refractivity contribution in [3.8, 4) is 0 Å². The van der Waals surface area contributed by atoms with Crippen LogP contribution in [0.4, 0.5) is 11.4 Å². The zero-order valence-corrected chi connectivity index (χ0v) is 15.2. The quantitative estimate of drug-likeness (QED) is 0.646. The maximum atomic E-state index is 5.46. The van der Waals surface area contributed by atoms with E-state index in [2.05, 4.69) is 80.8 Å². The fourth-order valence-electron chi connectivity index (χ4n) is 2.50. The van der Waals surface area contributed by atoms with Gasteiger partial charge in [-0.25, -0.2) is 0 Å². The van der Waals surface area contributed by atoms with Gasteiger partial charge in [0.25, 0.3) is 0 Å². The highest BCUT2D eigenvalue weighted by atomic mass is 32.1. The predicted octanol–water partition coefficient (Wildman–Crippen LogP) is 6.13. The molecule has 23 heavy (non-hydrogen) atoms. The average molecular weight is 327 g/mol. The van der Waals surface area contributed by atoms with Crippen LogP contribution in [0.5, 0.6) is 0 Å². The zero-order chi connectivity index (χ0) is 16.8. The van der Waals surface area contributed by atoms with Crippen LogP contribution in [0.3, 0.4) is 0 Å². The molecule has 0 amide bonds. The van der Waals surface area contributed by atoms with Crippen LogP contribution in [0.15, 0.2) is 48.5 Å². The summed E-state index contributed by atoms with van der Waals surface area (Å²) in [7, 11) is 0. The monoisotopic (exact) mass is 326 g/mol. The van der Waals surface area contributed by atoms with Crippen molar-refractivity contribution < 1.29 is 0 Å². The second kappa shape index (κ2) is 8.11. The van der Waals surface area contributed by atoms with Gasteiger partial charge in [0.15, 0.2) is 5.11 Å². The zero-order valence-electron chi connectivity index (χ0n) is 14.4. The van der Waals surface area contributed by atoms with Crippen molar-refractivity contribution in [2.24, 2.45) is 0 Å². The van der Waals surface area contributed by atoms with Crippen molar-refractivity contribution in [2.75, 3.05) is 10.6 Å². The molecular formula is C20H26N2S. The molecule has 1 atom stereocenters. The minimum atomic E-state index is 0.506. The van der Waals surface area contributed by atoms with Crippen molar-refractivity contribution in [2.45, 2.75) is 46.0 Å². The Bertz CT molecular complexity index is 647. The normalized spacial score (nSPS) is 12.0. The Morgan fingerprint density at radius 2 is 1.61 bits per heavy atom. The third kappa shape index (κ3) is 4.80. The van der Waals surface area contributed by atoms with E-state index in [9.17, 15) is 0 Å². The van der Waals surface area contributed by atoms with E-state index in [0.717, 1.165) is 17.8 Å². The van der Waals surface area contributed by atoms with Gasteiger partial charge in [-0.05, 0) is 59.8 Å². The molecule has 2 N–H and O–H groups in total. The van der Waals surface area contributed by atoms with E-state index in [0.29, 0.717) is 16.9 Å². The SMILES string of the molecule is CCC(C)c1ccccc1NC(=S)Nc1ccc(C(C)C)cc1. The Kier molecular flexibility index (Phi) is 6.17. The van der Waals surface area contributed by atoms with Gasteiger partial charge < -0.3 is 10.6 Å². The number of para-hydroxylation sites is 1. The van der Waals surface area contributed by atoms with Crippen LogP contribution in [0.1, 0.15) is 57.1 Å². The molecule has 2 nitrogen and oxygen atoms in total. The van der Waals surface area contributed by atoms with Gasteiger partial charge in [-0.15, -0.1) is 0 Å². The highest BCUT2D eigenvalue weighted by Gasteiger charge is 2.09. The molecule has 0 aromatic heterocycles. The number of thiocarbonyl (C=S) groups is 1. The van der Waals surface area contributed by atoms with Crippen molar-refractivity contribution in [3.05, 3.63) is 59.7 Å². The first-order valence-electron chi connectivity index (χ1n) is 8.28. The molecule has 3 heteroatoms. The van der Waals surface area contributed by atoms with Gasteiger partial charge in [0, 0.05) is 11.4 Å². The van der Waals surface area contributed by atoms with Crippen molar-refractivity contribution in [3.63, 3.8) is 0 Å². The fraction of sp³-hybridized carbons (Fsp3) is 0.350. The predicted molar refractivity (Wildman–Crippen MR) is 106 cm³/mol. The van der Waals surface area contributed by atoms with Gasteiger partial charge in [0.2, 0.25) is 0 Å². The van der Waals surface area contributed by atoms with Crippen LogP contribution in [-0.4, -0.2) is 5.11 Å². The van der Waals surface area contributed by atoms with Crippen LogP contribution >= 0.6 is 12.2 Å². The number of rotatable bonds is 5. The smallest absolute Gasteiger partial charge is 0.175 e. The van der Waals surface area contributed by atoms with Gasteiger partial charge in [0.1, 0.15) is 0 Å². The second-order valence-electron chi connectivity index (χ2n) is 6.25. The van der Waals surface area contributed by atoms with Crippen LogP contribution in [0, 0.1) is 0 Å². The molecule has 0 saturated heterocycles. The van der Waals surface area contributed by atoms with E-state index in [1.54, 1.807) is 0 Å². The lowest BCUT2D eigenvalue weighted by Gasteiger charge is -2.17. The van der Waals surface area contributed by atoms with Gasteiger partial charge >= 0.3 is 0 Å². The molecule has 0 aliphatic carbocycles. The molecule has 0 spiro atoms. The summed E-state index contributed by atoms with van der Waals surface area (Å²) in [5, 5.41) is 7.22. The standard InChI is InChI=1S/C20H26N2S/c1-5-15(4)18-8-6-7-9-19(18)22-20(23)21-17-12-10-16(11-13-17)14(2)3/h6-15H,5H2,1-4H3,(H2,21,22,23). The van der Waals surface area contributed by atoms with Crippen molar-refractivity contribution >= 4 is 28.7 Å². The molecule has 0 radical (unpaired) electrons. The lowest BCUT2D eigenvalue weighted by atomic mass is 9.97. The maximum Gasteiger partial charge on any atom is 0.175 e. The number of anilines is 2. The number of hydrogen-bond donors (Lipinski definition) is 2. The molecule has 1 unspecified atom stereocenters. The molecule has 0 aliphatic rings. The van der Waals surface area contributed by atoms with Gasteiger partial charge in [-0.3, -0.25) is 0 Å². The molecule has 0 saturated carbocycles. The first kappa shape index (κ1) is 17.5. The van der Waals surface area contributed by atoms with Crippen LogP contribution in [0.25, 0.3) is 0 Å². The molecule has 2 aromatic rings. The molecule has 0 fully saturated rings. The molecule has 0 bridgehead atoms. The van der Waals surface area contributed by atoms with Crippen LogP contribution in [-0.2, 0) is 0 Å². The van der Waals surface area contributed by atoms with Crippen LogP contribution in [0.2, 0.25) is 0 Å². The van der Waals surface area contributed by atoms with E-state index in [-0.39, 0.29) is 0 Å². The van der Waals surface area contributed by atoms with Gasteiger partial charge in [0.05, 0.1) is 0 Å². The molecule has 2 aromatic carbocycles. The minimum Gasteiger partial charge on any atom is -0.332 e. The number of hydrogen-bond acceptors (Lipinski definition) is 1. The summed E-state index contributed by atoms with van der Waals surface area (Å²) in [4.78, 5) is 0. The third-order valence-corrected chi connectivity index (χ3v) is 4.39. The Hall–Kier alpha value is -1.87. The molecule has 0 heterocycles. The summed E-state index contributed by atoms with van der Waals surface area (Å²) in [6.45, 7) is 8.83. The summed E-state index contributed by atoms with van der Waals surface area (Å²) in [5.41, 5.74) is 4.72. The Balaban J connectivity index is 2.05. The third-order valence-electron chi connectivity index (χ3n) is 4.19. The first-order valence-corrected chi connectivity index (χ1v) is 8.69. The van der Waals surface area contributed by atoms with E-state index >= 15 is 0 Å². The van der Waals surface area contributed by atoms with E-state index in [1.165, 1.54) is 11.1 Å². The average Bonchev–Trinajstić information content (AvgIpc) is 2.55. The lowest BCUT2D eigenvalue weighted by Crippen LogP contribution is -2.20. The number of benzene rings is 2. The molecule has 2 rings (SSSR count). The Morgan fingerprint density at radius 1 is 0.957 bits per heavy atom. The summed E-state index contributed by atoms with van der Waals surface area (Å²) in [6.07, 6.45) is 1.11. The minimum absolute atomic E-state index is 0.506. The molecular weight excluding hydrogens is 300 g/mol. The Morgan fingerprint density at radius 3 is 2.22 bits per heavy atom. The lowest BCUT2D eigenvalue weighted by molar-refractivity contribution is 0.736. The molecule has 0 aliphatic heterocycles. The van der Waals surface area contributed by atoms with Gasteiger partial charge in [-0.2, -0.15) is 0 Å². The topological polar surface area (TPSA) is 24.1 Å². The van der Waals surface area contributed by atoms with E-state index in [1.807, 2.05) is 6.07 Å². The summed E-state index contributed by atoms with van der Waals surface area (Å²) < 4.78 is 0. The van der Waals surface area contributed by atoms with Crippen LogP contribution < -0.4 is 10.6 Å². The maximum absolute atomic E-state index is 5.46. The Labute approximate surface area is 145 Å².